The van der Waals surface area contributed by atoms with Crippen molar-refractivity contribution in [2.24, 2.45) is 0 Å². The summed E-state index contributed by atoms with van der Waals surface area (Å²) >= 11 is 9.74. The topological polar surface area (TPSA) is 29.5 Å². The van der Waals surface area contributed by atoms with Crippen LogP contribution in [-0.2, 0) is 26.8 Å². The fourth-order valence-electron chi connectivity index (χ4n) is 8.56. The molecule has 2 heterocycles. The van der Waals surface area contributed by atoms with Crippen LogP contribution in [0.15, 0.2) is 127 Å². The lowest BCUT2D eigenvalue weighted by Crippen LogP contribution is -2.18. The van der Waals surface area contributed by atoms with Crippen molar-refractivity contribution in [1.82, 2.24) is 0 Å². The average molecular weight is 778 g/mol. The molecule has 0 aliphatic heterocycles. The van der Waals surface area contributed by atoms with Crippen molar-refractivity contribution in [3.05, 3.63) is 159 Å². The molecular weight excluding hydrogens is 734 g/mol. The molecule has 3 nitrogen and oxygen atoms in total. The van der Waals surface area contributed by atoms with Crippen LogP contribution in [0.25, 0.3) is 43.1 Å². The largest absolute Gasteiger partial charge is 0.469 e. The number of carbonyl (C=O) groups is 1. The molecule has 0 amide bonds. The van der Waals surface area contributed by atoms with E-state index >= 15 is 0 Å². The summed E-state index contributed by atoms with van der Waals surface area (Å²) in [7, 11) is 1.44. The van der Waals surface area contributed by atoms with Crippen molar-refractivity contribution in [3.8, 4) is 43.1 Å². The lowest BCUT2D eigenvalue weighted by molar-refractivity contribution is -0.140. The third-order valence-corrected chi connectivity index (χ3v) is 13.7. The van der Waals surface area contributed by atoms with Crippen molar-refractivity contribution in [2.45, 2.75) is 58.8 Å². The predicted octanol–water partition coefficient (Wildman–Crippen LogP) is 14.6. The minimum atomic E-state index is -0.205. The van der Waals surface area contributed by atoms with Gasteiger partial charge in [-0.3, -0.25) is 4.79 Å². The number of hydrogen-bond donors (Lipinski definition) is 0. The van der Waals surface area contributed by atoms with E-state index in [1.54, 1.807) is 22.7 Å². The maximum Gasteiger partial charge on any atom is 0.305 e. The highest BCUT2D eigenvalue weighted by atomic mass is 35.5. The van der Waals surface area contributed by atoms with Gasteiger partial charge in [-0.1, -0.05) is 101 Å². The van der Waals surface area contributed by atoms with Gasteiger partial charge in [-0.2, -0.15) is 0 Å². The third kappa shape index (κ3) is 6.23. The Bertz CT molecular complexity index is 2580. The second kappa shape index (κ2) is 14.0. The fraction of sp³-hybridized carbons (Fsp3) is 0.204. The molecule has 0 unspecified atom stereocenters. The smallest absolute Gasteiger partial charge is 0.305 e. The van der Waals surface area contributed by atoms with Gasteiger partial charge in [0, 0.05) is 44.1 Å². The van der Waals surface area contributed by atoms with Crippen LogP contribution < -0.4 is 4.90 Å². The summed E-state index contributed by atoms with van der Waals surface area (Å²) in [6.07, 6.45) is 0.993. The van der Waals surface area contributed by atoms with Gasteiger partial charge in [0.1, 0.15) is 0 Å². The number of aryl methyl sites for hydroxylation is 1. The molecule has 0 atom stereocenters. The Labute approximate surface area is 337 Å². The summed E-state index contributed by atoms with van der Waals surface area (Å²) in [6, 6.07) is 44.8. The number of rotatable bonds is 8. The van der Waals surface area contributed by atoms with E-state index in [1.165, 1.54) is 72.5 Å². The number of fused-ring (bicyclic) bond motifs is 6. The van der Waals surface area contributed by atoms with E-state index in [2.05, 4.69) is 153 Å². The predicted molar refractivity (Wildman–Crippen MR) is 235 cm³/mol. The maximum atomic E-state index is 11.9. The molecule has 5 aromatic carbocycles. The highest BCUT2D eigenvalue weighted by Crippen LogP contribution is 2.54. The van der Waals surface area contributed by atoms with E-state index in [9.17, 15) is 4.79 Å². The van der Waals surface area contributed by atoms with Crippen molar-refractivity contribution in [2.75, 3.05) is 12.0 Å². The lowest BCUT2D eigenvalue weighted by atomic mass is 9.81. The molecule has 7 aromatic rings. The zero-order valence-electron chi connectivity index (χ0n) is 31.0. The molecule has 0 N–H and O–H groups in total. The molecule has 55 heavy (non-hydrogen) atoms. The molecule has 6 heteroatoms. The molecule has 2 aliphatic rings. The van der Waals surface area contributed by atoms with E-state index < -0.39 is 0 Å². The van der Waals surface area contributed by atoms with Crippen molar-refractivity contribution >= 4 is 57.3 Å². The normalized spacial score (nSPS) is 14.0. The quantitative estimate of drug-likeness (QED) is 0.144. The number of benzene rings is 5. The maximum absolute atomic E-state index is 11.9. The van der Waals surface area contributed by atoms with Crippen LogP contribution >= 0.6 is 34.3 Å². The molecule has 0 fully saturated rings. The minimum Gasteiger partial charge on any atom is -0.469 e. The standard InChI is InChI=1S/C48H40ClNO2S2.CH4/c1-47(2)39-25-30(43-7-6-24-53-43)11-17-35(39)37-19-15-33(27-41(37)47)50(32-13-8-29(9-14-32)10-23-46(51)52-5)34-16-20-38-36-18-12-31(44-21-22-45(49)54-44)26-40(36)48(3,4)42(38)28-34;/h6-9,11-22,24-28H,10,23H2,1-5H3;1H4. The Hall–Kier alpha value is -4.94. The molecule has 2 aromatic heterocycles. The van der Waals surface area contributed by atoms with Crippen LogP contribution in [0, 0.1) is 0 Å². The number of ether oxygens (including phenoxy) is 1. The van der Waals surface area contributed by atoms with Crippen LogP contribution in [0.2, 0.25) is 4.34 Å². The summed E-state index contributed by atoms with van der Waals surface area (Å²) in [4.78, 5) is 16.8. The van der Waals surface area contributed by atoms with Crippen LogP contribution in [0.4, 0.5) is 17.1 Å². The molecular formula is C49H44ClNO2S2. The van der Waals surface area contributed by atoms with Crippen molar-refractivity contribution in [1.29, 1.82) is 0 Å². The first-order valence-electron chi connectivity index (χ1n) is 18.4. The Balaban J connectivity index is 0.00000427. The summed E-state index contributed by atoms with van der Waals surface area (Å²) < 4.78 is 5.71. The highest BCUT2D eigenvalue weighted by molar-refractivity contribution is 7.19. The number of anilines is 3. The SMILES string of the molecule is C.COC(=O)CCc1ccc(N(c2ccc3c(c2)C(C)(C)c2cc(-c4cccs4)ccc2-3)c2ccc3c(c2)C(C)(C)c2cc(-c4ccc(Cl)s4)ccc2-3)cc1. The summed E-state index contributed by atoms with van der Waals surface area (Å²) in [6.45, 7) is 9.39. The van der Waals surface area contributed by atoms with Gasteiger partial charge >= 0.3 is 5.97 Å². The van der Waals surface area contributed by atoms with Crippen LogP contribution in [0.1, 0.15) is 69.4 Å². The second-order valence-electron chi connectivity index (χ2n) is 15.4. The molecule has 0 radical (unpaired) electrons. The molecule has 2 aliphatic carbocycles. The number of thiophene rings is 2. The first kappa shape index (κ1) is 37.0. The Morgan fingerprint density at radius 3 is 1.64 bits per heavy atom. The monoisotopic (exact) mass is 777 g/mol. The molecule has 0 spiro atoms. The molecule has 0 saturated carbocycles. The van der Waals surface area contributed by atoms with Crippen molar-refractivity contribution < 1.29 is 9.53 Å². The van der Waals surface area contributed by atoms with Gasteiger partial charge < -0.3 is 9.64 Å². The highest BCUT2D eigenvalue weighted by Gasteiger charge is 2.38. The molecule has 9 rings (SSSR count). The number of hydrogen-bond acceptors (Lipinski definition) is 5. The van der Waals surface area contributed by atoms with E-state index in [0.29, 0.717) is 12.8 Å². The van der Waals surface area contributed by atoms with Crippen LogP contribution in [-0.4, -0.2) is 13.1 Å². The van der Waals surface area contributed by atoms with E-state index in [-0.39, 0.29) is 24.2 Å². The van der Waals surface area contributed by atoms with Gasteiger partial charge in [-0.15, -0.1) is 22.7 Å². The third-order valence-electron chi connectivity index (χ3n) is 11.5. The van der Waals surface area contributed by atoms with Gasteiger partial charge in [-0.25, -0.2) is 0 Å². The zero-order chi connectivity index (χ0) is 37.4. The molecule has 276 valence electrons. The number of halogens is 1. The second-order valence-corrected chi connectivity index (χ2v) is 18.1. The fourth-order valence-corrected chi connectivity index (χ4v) is 10.3. The van der Waals surface area contributed by atoms with Gasteiger partial charge in [-0.05, 0) is 140 Å². The number of esters is 1. The molecule has 0 saturated heterocycles. The Kier molecular flexibility index (Phi) is 9.40. The average Bonchev–Trinajstić information content (AvgIpc) is 3.97. The van der Waals surface area contributed by atoms with Crippen LogP contribution in [0.5, 0.6) is 0 Å². The number of carbonyl (C=O) groups excluding carboxylic acids is 1. The number of nitrogens with zero attached hydrogens (tertiary/aromatic N) is 1. The summed E-state index contributed by atoms with van der Waals surface area (Å²) in [5, 5.41) is 2.15. The summed E-state index contributed by atoms with van der Waals surface area (Å²) in [5.74, 6) is -0.196. The van der Waals surface area contributed by atoms with Crippen molar-refractivity contribution in [3.63, 3.8) is 0 Å². The van der Waals surface area contributed by atoms with Gasteiger partial charge in [0.25, 0.3) is 0 Å². The number of methoxy groups -OCH3 is 1. The zero-order valence-corrected chi connectivity index (χ0v) is 33.4. The first-order chi connectivity index (χ1) is 26.0. The lowest BCUT2D eigenvalue weighted by Gasteiger charge is -2.30. The summed E-state index contributed by atoms with van der Waals surface area (Å²) in [5.41, 5.74) is 17.0. The van der Waals surface area contributed by atoms with E-state index in [0.717, 1.165) is 27.0 Å². The van der Waals surface area contributed by atoms with E-state index in [4.69, 9.17) is 16.3 Å². The van der Waals surface area contributed by atoms with Crippen LogP contribution in [0.3, 0.4) is 0 Å². The van der Waals surface area contributed by atoms with Gasteiger partial charge in [0.05, 0.1) is 11.4 Å². The Morgan fingerprint density at radius 2 is 1.15 bits per heavy atom. The first-order valence-corrected chi connectivity index (χ1v) is 20.4. The minimum absolute atomic E-state index is 0. The Morgan fingerprint density at radius 1 is 0.636 bits per heavy atom. The van der Waals surface area contributed by atoms with Gasteiger partial charge in [0.15, 0.2) is 0 Å². The van der Waals surface area contributed by atoms with E-state index in [1.807, 2.05) is 6.07 Å². The molecule has 0 bridgehead atoms. The van der Waals surface area contributed by atoms with Gasteiger partial charge in [0.2, 0.25) is 0 Å².